The summed E-state index contributed by atoms with van der Waals surface area (Å²) in [4.78, 5) is 23.0. The number of aromatic nitrogens is 2. The molecule has 33 heavy (non-hydrogen) atoms. The van der Waals surface area contributed by atoms with Crippen molar-refractivity contribution in [2.75, 3.05) is 30.4 Å². The first-order valence-corrected chi connectivity index (χ1v) is 11.0. The van der Waals surface area contributed by atoms with E-state index in [0.29, 0.717) is 23.0 Å². The van der Waals surface area contributed by atoms with Gasteiger partial charge in [-0.2, -0.15) is 0 Å². The van der Waals surface area contributed by atoms with Crippen LogP contribution in [0.5, 0.6) is 5.75 Å². The molecule has 0 atom stereocenters. The van der Waals surface area contributed by atoms with E-state index in [0.717, 1.165) is 24.5 Å². The van der Waals surface area contributed by atoms with E-state index in [1.165, 1.54) is 44.7 Å². The van der Waals surface area contributed by atoms with Gasteiger partial charge in [0, 0.05) is 36.4 Å². The third-order valence-corrected chi connectivity index (χ3v) is 5.69. The van der Waals surface area contributed by atoms with Crippen LogP contribution in [0, 0.1) is 5.82 Å². The summed E-state index contributed by atoms with van der Waals surface area (Å²) >= 11 is 0. The van der Waals surface area contributed by atoms with Crippen molar-refractivity contribution in [2.24, 2.45) is 0 Å². The number of halogens is 1. The van der Waals surface area contributed by atoms with Crippen LogP contribution in [-0.2, 0) is 11.2 Å². The summed E-state index contributed by atoms with van der Waals surface area (Å²) < 4.78 is 20.2. The molecule has 1 N–H and O–H groups in total. The first-order valence-electron chi connectivity index (χ1n) is 11.0. The van der Waals surface area contributed by atoms with Crippen molar-refractivity contribution in [1.29, 1.82) is 0 Å². The molecule has 170 valence electrons. The molecule has 1 fully saturated rings. The Morgan fingerprint density at radius 3 is 2.79 bits per heavy atom. The molecular formula is C26H27FN4O2. The average Bonchev–Trinajstić information content (AvgIpc) is 2.86. The van der Waals surface area contributed by atoms with Gasteiger partial charge in [0.25, 0.3) is 0 Å². The van der Waals surface area contributed by atoms with Gasteiger partial charge in [-0.05, 0) is 61.2 Å². The summed E-state index contributed by atoms with van der Waals surface area (Å²) in [5, 5.41) is 3.23. The number of hydrogen-bond donors (Lipinski definition) is 1. The van der Waals surface area contributed by atoms with Gasteiger partial charge < -0.3 is 15.0 Å². The van der Waals surface area contributed by atoms with Crippen LogP contribution in [0.2, 0.25) is 0 Å². The first-order chi connectivity index (χ1) is 16.1. The van der Waals surface area contributed by atoms with E-state index in [1.807, 2.05) is 12.1 Å². The predicted molar refractivity (Wildman–Crippen MR) is 129 cm³/mol. The number of carbonyl (C=O) groups excluding carboxylic acids is 1. The molecule has 2 aromatic carbocycles. The summed E-state index contributed by atoms with van der Waals surface area (Å²) in [6, 6.07) is 12.6. The number of nitrogens with one attached hydrogen (secondary N) is 1. The van der Waals surface area contributed by atoms with Crippen molar-refractivity contribution >= 4 is 23.1 Å². The smallest absolute Gasteiger partial charge is 0.227 e. The minimum absolute atomic E-state index is 0.137. The lowest BCUT2D eigenvalue weighted by molar-refractivity contribution is -0.114. The van der Waals surface area contributed by atoms with Gasteiger partial charge in [0.1, 0.15) is 11.5 Å². The molecule has 0 spiro atoms. The number of piperidine rings is 1. The predicted octanol–water partition coefficient (Wildman–Crippen LogP) is 5.32. The van der Waals surface area contributed by atoms with Gasteiger partial charge in [-0.1, -0.05) is 18.7 Å². The Labute approximate surface area is 193 Å². The number of methoxy groups -OCH3 is 1. The van der Waals surface area contributed by atoms with Gasteiger partial charge in [0.2, 0.25) is 5.95 Å². The number of nitrogens with zero attached hydrogens (tertiary/aromatic N) is 3. The van der Waals surface area contributed by atoms with Crippen molar-refractivity contribution in [3.8, 4) is 17.0 Å². The Bertz CT molecular complexity index is 1160. The highest BCUT2D eigenvalue weighted by molar-refractivity contribution is 5.91. The Balaban J connectivity index is 1.64. The molecule has 1 saturated heterocycles. The van der Waals surface area contributed by atoms with Crippen molar-refractivity contribution in [3.63, 3.8) is 0 Å². The molecule has 0 bridgehead atoms. The lowest BCUT2D eigenvalue weighted by atomic mass is 10.0. The van der Waals surface area contributed by atoms with Gasteiger partial charge in [-0.25, -0.2) is 14.4 Å². The number of benzene rings is 2. The number of ketones is 1. The molecule has 3 aromatic rings. The quantitative estimate of drug-likeness (QED) is 0.472. The number of carbonyl (C=O) groups is 1. The maximum Gasteiger partial charge on any atom is 0.227 e. The highest BCUT2D eigenvalue weighted by atomic mass is 19.1. The Kier molecular flexibility index (Phi) is 6.98. The fourth-order valence-corrected chi connectivity index (χ4v) is 3.97. The van der Waals surface area contributed by atoms with Gasteiger partial charge in [-0.3, -0.25) is 4.79 Å². The Morgan fingerprint density at radius 2 is 2.03 bits per heavy atom. The number of anilines is 3. The normalized spacial score (nSPS) is 13.5. The number of ether oxygens (including phenoxy) is 1. The first kappa shape index (κ1) is 22.5. The van der Waals surface area contributed by atoms with Crippen LogP contribution in [0.4, 0.5) is 21.7 Å². The van der Waals surface area contributed by atoms with E-state index in [2.05, 4.69) is 38.9 Å². The van der Waals surface area contributed by atoms with E-state index in [-0.39, 0.29) is 17.8 Å². The third kappa shape index (κ3) is 5.37. The van der Waals surface area contributed by atoms with Gasteiger partial charge in [0.15, 0.2) is 11.5 Å². The highest BCUT2D eigenvalue weighted by Gasteiger charge is 2.17. The van der Waals surface area contributed by atoms with Gasteiger partial charge >= 0.3 is 0 Å². The fraction of sp³-hybridized carbons (Fsp3) is 0.269. The highest BCUT2D eigenvalue weighted by Crippen LogP contribution is 2.32. The second-order valence-corrected chi connectivity index (χ2v) is 8.00. The zero-order valence-corrected chi connectivity index (χ0v) is 18.7. The van der Waals surface area contributed by atoms with Gasteiger partial charge in [-0.15, -0.1) is 0 Å². The van der Waals surface area contributed by atoms with Crippen LogP contribution in [0.25, 0.3) is 11.3 Å². The molecule has 0 aliphatic carbocycles. The molecule has 6 nitrogen and oxygen atoms in total. The summed E-state index contributed by atoms with van der Waals surface area (Å²) in [5.74, 6) is 0.0697. The second kappa shape index (κ2) is 10.3. The molecule has 1 aliphatic rings. The maximum atomic E-state index is 14.8. The number of allylic oxidation sites excluding steroid dienone is 1. The molecule has 2 heterocycles. The SMILES string of the molecule is C=CC(=O)Cc1ccc(F)c(-c2nc(Nc3cccc(N4CCCCC4)c3)ncc2OC)c1. The standard InChI is InChI=1S/C26H27FN4O2/c1-3-21(32)14-18-10-11-23(27)22(15-18)25-24(33-2)17-28-26(30-25)29-19-8-7-9-20(16-19)31-12-5-4-6-13-31/h3,7-11,15-17H,1,4-6,12-14H2,2H3,(H,28,29,30). The Morgan fingerprint density at radius 1 is 1.21 bits per heavy atom. The second-order valence-electron chi connectivity index (χ2n) is 8.00. The van der Waals surface area contributed by atoms with Crippen LogP contribution in [0.15, 0.2) is 61.3 Å². The molecule has 7 heteroatoms. The maximum absolute atomic E-state index is 14.8. The minimum atomic E-state index is -0.458. The molecule has 1 aliphatic heterocycles. The topological polar surface area (TPSA) is 67.4 Å². The van der Waals surface area contributed by atoms with E-state index in [4.69, 9.17) is 4.74 Å². The molecule has 1 aromatic heterocycles. The molecule has 0 amide bonds. The molecule has 4 rings (SSSR count). The van der Waals surface area contributed by atoms with E-state index < -0.39 is 5.82 Å². The lowest BCUT2D eigenvalue weighted by Crippen LogP contribution is -2.29. The summed E-state index contributed by atoms with van der Waals surface area (Å²) in [5.41, 5.74) is 3.22. The van der Waals surface area contributed by atoms with E-state index in [9.17, 15) is 9.18 Å². The fourth-order valence-electron chi connectivity index (χ4n) is 3.97. The van der Waals surface area contributed by atoms with Crippen molar-refractivity contribution < 1.29 is 13.9 Å². The average molecular weight is 447 g/mol. The summed E-state index contributed by atoms with van der Waals surface area (Å²) in [7, 11) is 1.49. The molecule has 0 saturated carbocycles. The largest absolute Gasteiger partial charge is 0.493 e. The number of hydrogen-bond acceptors (Lipinski definition) is 6. The van der Waals surface area contributed by atoms with Crippen LogP contribution in [0.3, 0.4) is 0 Å². The van der Waals surface area contributed by atoms with E-state index >= 15 is 0 Å². The van der Waals surface area contributed by atoms with Crippen molar-refractivity contribution in [2.45, 2.75) is 25.7 Å². The number of rotatable bonds is 8. The summed E-state index contributed by atoms with van der Waals surface area (Å²) in [6.07, 6.45) is 6.58. The van der Waals surface area contributed by atoms with Crippen LogP contribution < -0.4 is 15.0 Å². The molecule has 0 radical (unpaired) electrons. The van der Waals surface area contributed by atoms with E-state index in [1.54, 1.807) is 12.1 Å². The van der Waals surface area contributed by atoms with Gasteiger partial charge in [0.05, 0.1) is 13.3 Å². The minimum Gasteiger partial charge on any atom is -0.493 e. The Hall–Kier alpha value is -3.74. The lowest BCUT2D eigenvalue weighted by Gasteiger charge is -2.29. The molecule has 0 unspecified atom stereocenters. The van der Waals surface area contributed by atoms with Crippen LogP contribution >= 0.6 is 0 Å². The zero-order valence-electron chi connectivity index (χ0n) is 18.7. The van der Waals surface area contributed by atoms with Crippen LogP contribution in [0.1, 0.15) is 24.8 Å². The van der Waals surface area contributed by atoms with Crippen LogP contribution in [-0.4, -0.2) is 36.0 Å². The third-order valence-electron chi connectivity index (χ3n) is 5.69. The monoisotopic (exact) mass is 446 g/mol. The molecular weight excluding hydrogens is 419 g/mol. The van der Waals surface area contributed by atoms with Crippen molar-refractivity contribution in [1.82, 2.24) is 9.97 Å². The van der Waals surface area contributed by atoms with Crippen molar-refractivity contribution in [3.05, 3.63) is 72.7 Å². The zero-order chi connectivity index (χ0) is 23.2. The summed E-state index contributed by atoms with van der Waals surface area (Å²) in [6.45, 7) is 5.60.